The predicted molar refractivity (Wildman–Crippen MR) is 78.0 cm³/mol. The topological polar surface area (TPSA) is 46.2 Å². The van der Waals surface area contributed by atoms with Gasteiger partial charge in [0.05, 0.1) is 4.90 Å². The quantitative estimate of drug-likeness (QED) is 0.817. The zero-order chi connectivity index (χ0) is 13.8. The van der Waals surface area contributed by atoms with Gasteiger partial charge in [0.2, 0.25) is 0 Å². The lowest BCUT2D eigenvalue weighted by atomic mass is 10.2. The van der Waals surface area contributed by atoms with E-state index in [0.29, 0.717) is 16.2 Å². The third kappa shape index (κ3) is 4.30. The first kappa shape index (κ1) is 15.5. The molecule has 1 aromatic rings. The maximum atomic E-state index is 11.4. The van der Waals surface area contributed by atoms with Crippen LogP contribution >= 0.6 is 11.8 Å². The number of hydrogen-bond donors (Lipinski definition) is 1. The molecule has 0 radical (unpaired) electrons. The van der Waals surface area contributed by atoms with Gasteiger partial charge >= 0.3 is 0 Å². The van der Waals surface area contributed by atoms with Crippen LogP contribution in [0.1, 0.15) is 20.3 Å². The molecular formula is C13H21NO2S2. The fourth-order valence-corrected chi connectivity index (χ4v) is 3.68. The van der Waals surface area contributed by atoms with Crippen LogP contribution in [0.25, 0.3) is 0 Å². The number of benzene rings is 1. The highest BCUT2D eigenvalue weighted by Crippen LogP contribution is 2.27. The van der Waals surface area contributed by atoms with Gasteiger partial charge in [0.1, 0.15) is 0 Å². The predicted octanol–water partition coefficient (Wildman–Crippen LogP) is 2.57. The molecule has 0 saturated heterocycles. The Morgan fingerprint density at radius 2 is 1.83 bits per heavy atom. The summed E-state index contributed by atoms with van der Waals surface area (Å²) in [5.41, 5.74) is 0. The van der Waals surface area contributed by atoms with Crippen LogP contribution in [0.15, 0.2) is 34.1 Å². The maximum absolute atomic E-state index is 11.4. The summed E-state index contributed by atoms with van der Waals surface area (Å²) in [4.78, 5) is 1.48. The molecule has 2 unspecified atom stereocenters. The Morgan fingerprint density at radius 3 is 2.22 bits per heavy atom. The molecule has 0 spiro atoms. The van der Waals surface area contributed by atoms with Gasteiger partial charge in [-0.15, -0.1) is 11.8 Å². The van der Waals surface area contributed by atoms with E-state index in [-0.39, 0.29) is 0 Å². The van der Waals surface area contributed by atoms with Crippen LogP contribution in [0.3, 0.4) is 0 Å². The van der Waals surface area contributed by atoms with Crippen LogP contribution < -0.4 is 5.32 Å². The molecule has 0 heterocycles. The molecule has 1 N–H and O–H groups in total. The Bertz CT molecular complexity index is 464. The molecule has 5 heteroatoms. The van der Waals surface area contributed by atoms with Gasteiger partial charge in [0.25, 0.3) is 0 Å². The molecule has 0 saturated carbocycles. The van der Waals surface area contributed by atoms with Gasteiger partial charge < -0.3 is 5.32 Å². The third-order valence-corrected chi connectivity index (χ3v) is 5.32. The van der Waals surface area contributed by atoms with E-state index in [0.717, 1.165) is 11.3 Å². The van der Waals surface area contributed by atoms with Crippen molar-refractivity contribution in [2.75, 3.05) is 13.3 Å². The molecule has 18 heavy (non-hydrogen) atoms. The molecule has 0 aliphatic rings. The summed E-state index contributed by atoms with van der Waals surface area (Å²) in [5.74, 6) is 0. The van der Waals surface area contributed by atoms with Gasteiger partial charge in [0.15, 0.2) is 9.84 Å². The minimum Gasteiger partial charge on any atom is -0.316 e. The number of hydrogen-bond acceptors (Lipinski definition) is 4. The largest absolute Gasteiger partial charge is 0.316 e. The molecule has 3 nitrogen and oxygen atoms in total. The Hall–Kier alpha value is -0.520. The van der Waals surface area contributed by atoms with Crippen molar-refractivity contribution in [1.29, 1.82) is 0 Å². The molecule has 2 atom stereocenters. The first-order valence-corrected chi connectivity index (χ1v) is 8.79. The fraction of sp³-hybridized carbons (Fsp3) is 0.538. The van der Waals surface area contributed by atoms with E-state index in [1.807, 2.05) is 19.2 Å². The molecule has 0 aliphatic heterocycles. The number of rotatable bonds is 6. The average molecular weight is 287 g/mol. The highest BCUT2D eigenvalue weighted by atomic mass is 32.2. The zero-order valence-corrected chi connectivity index (χ0v) is 12.9. The Balaban J connectivity index is 2.75. The summed E-state index contributed by atoms with van der Waals surface area (Å²) in [7, 11) is -1.13. The van der Waals surface area contributed by atoms with Gasteiger partial charge in [-0.2, -0.15) is 0 Å². The van der Waals surface area contributed by atoms with Crippen LogP contribution in [0.4, 0.5) is 0 Å². The van der Waals surface area contributed by atoms with Gasteiger partial charge in [-0.3, -0.25) is 0 Å². The van der Waals surface area contributed by atoms with Crippen molar-refractivity contribution in [3.63, 3.8) is 0 Å². The lowest BCUT2D eigenvalue weighted by Crippen LogP contribution is -2.33. The molecule has 0 bridgehead atoms. The third-order valence-electron chi connectivity index (χ3n) is 2.95. The van der Waals surface area contributed by atoms with Crippen LogP contribution in [0, 0.1) is 0 Å². The van der Waals surface area contributed by atoms with E-state index >= 15 is 0 Å². The van der Waals surface area contributed by atoms with Crippen LogP contribution in [-0.4, -0.2) is 33.0 Å². The lowest BCUT2D eigenvalue weighted by Gasteiger charge is -2.21. The fourth-order valence-electron chi connectivity index (χ4n) is 1.83. The lowest BCUT2D eigenvalue weighted by molar-refractivity contribution is 0.541. The highest BCUT2D eigenvalue weighted by Gasteiger charge is 2.15. The number of nitrogens with one attached hydrogen (secondary N) is 1. The normalized spacial score (nSPS) is 15.3. The van der Waals surface area contributed by atoms with E-state index in [9.17, 15) is 8.42 Å². The van der Waals surface area contributed by atoms with Crippen molar-refractivity contribution >= 4 is 21.6 Å². The Labute approximate surface area is 114 Å². The van der Waals surface area contributed by atoms with Crippen molar-refractivity contribution in [3.05, 3.63) is 24.3 Å². The summed E-state index contributed by atoms with van der Waals surface area (Å²) < 4.78 is 22.7. The standard InChI is InChI=1S/C13H21NO2S2/c1-5-13(14-3)10(2)17-11-6-8-12(9-7-11)18(4,15)16/h6-10,13-14H,5H2,1-4H3. The van der Waals surface area contributed by atoms with E-state index in [4.69, 9.17) is 0 Å². The van der Waals surface area contributed by atoms with E-state index in [2.05, 4.69) is 19.2 Å². The van der Waals surface area contributed by atoms with Crippen molar-refractivity contribution in [3.8, 4) is 0 Å². The highest BCUT2D eigenvalue weighted by molar-refractivity contribution is 8.00. The van der Waals surface area contributed by atoms with Crippen molar-refractivity contribution in [2.24, 2.45) is 0 Å². The second kappa shape index (κ2) is 6.59. The molecule has 0 aliphatic carbocycles. The minimum atomic E-state index is -3.10. The van der Waals surface area contributed by atoms with E-state index in [1.54, 1.807) is 23.9 Å². The molecule has 1 aromatic carbocycles. The Morgan fingerprint density at radius 1 is 1.28 bits per heavy atom. The Kier molecular flexibility index (Phi) is 5.69. The second-order valence-corrected chi connectivity index (χ2v) is 7.84. The SMILES string of the molecule is CCC(NC)C(C)Sc1ccc(S(C)(=O)=O)cc1. The zero-order valence-electron chi connectivity index (χ0n) is 11.3. The van der Waals surface area contributed by atoms with Gasteiger partial charge in [-0.1, -0.05) is 13.8 Å². The summed E-state index contributed by atoms with van der Waals surface area (Å²) in [6, 6.07) is 7.56. The van der Waals surface area contributed by atoms with Crippen molar-refractivity contribution in [1.82, 2.24) is 5.32 Å². The van der Waals surface area contributed by atoms with Gasteiger partial charge in [-0.25, -0.2) is 8.42 Å². The average Bonchev–Trinajstić information content (AvgIpc) is 2.30. The van der Waals surface area contributed by atoms with Crippen LogP contribution in [0.5, 0.6) is 0 Å². The van der Waals surface area contributed by atoms with E-state index < -0.39 is 9.84 Å². The number of thioether (sulfide) groups is 1. The maximum Gasteiger partial charge on any atom is 0.175 e. The smallest absolute Gasteiger partial charge is 0.175 e. The molecule has 1 rings (SSSR count). The molecular weight excluding hydrogens is 266 g/mol. The molecule has 0 aromatic heterocycles. The van der Waals surface area contributed by atoms with E-state index in [1.165, 1.54) is 6.26 Å². The van der Waals surface area contributed by atoms with Gasteiger partial charge in [-0.05, 0) is 37.7 Å². The van der Waals surface area contributed by atoms with Gasteiger partial charge in [0, 0.05) is 22.4 Å². The minimum absolute atomic E-state index is 0.375. The monoisotopic (exact) mass is 287 g/mol. The number of sulfone groups is 1. The molecule has 0 amide bonds. The summed E-state index contributed by atoms with van der Waals surface area (Å²) in [5, 5.41) is 3.74. The summed E-state index contributed by atoms with van der Waals surface area (Å²) in [6.07, 6.45) is 2.30. The van der Waals surface area contributed by atoms with Crippen molar-refractivity contribution < 1.29 is 8.42 Å². The van der Waals surface area contributed by atoms with Crippen LogP contribution in [0.2, 0.25) is 0 Å². The summed E-state index contributed by atoms with van der Waals surface area (Å²) >= 11 is 1.76. The molecule has 0 fully saturated rings. The summed E-state index contributed by atoms with van der Waals surface area (Å²) in [6.45, 7) is 4.34. The first-order chi connectivity index (χ1) is 8.38. The molecule has 102 valence electrons. The second-order valence-electron chi connectivity index (χ2n) is 4.37. The van der Waals surface area contributed by atoms with Crippen molar-refractivity contribution in [2.45, 2.75) is 41.4 Å². The first-order valence-electron chi connectivity index (χ1n) is 6.02. The van der Waals surface area contributed by atoms with Crippen LogP contribution in [-0.2, 0) is 9.84 Å².